The molecular weight excluding hydrogens is 433 g/mol. The summed E-state index contributed by atoms with van der Waals surface area (Å²) in [6, 6.07) is 0. The first-order valence-corrected chi connectivity index (χ1v) is 15.8. The van der Waals surface area contributed by atoms with Crippen molar-refractivity contribution in [2.45, 2.75) is 142 Å². The highest BCUT2D eigenvalue weighted by molar-refractivity contribution is 7.45. The molecule has 6 heteroatoms. The fourth-order valence-corrected chi connectivity index (χ4v) is 5.86. The van der Waals surface area contributed by atoms with Crippen LogP contribution in [0.1, 0.15) is 136 Å². The van der Waals surface area contributed by atoms with E-state index in [-0.39, 0.29) is 12.7 Å². The number of hydrogen-bond acceptors (Lipinski definition) is 4. The van der Waals surface area contributed by atoms with Crippen molar-refractivity contribution in [3.63, 3.8) is 0 Å². The number of nitrogens with zero attached hydrogens (tertiary/aromatic N) is 1. The highest BCUT2D eigenvalue weighted by atomic mass is 31.2. The van der Waals surface area contributed by atoms with E-state index in [1.54, 1.807) is 0 Å². The Labute approximate surface area is 206 Å². The molecule has 0 aromatic rings. The van der Waals surface area contributed by atoms with Gasteiger partial charge in [0.25, 0.3) is 7.82 Å². The molecule has 1 heterocycles. The van der Waals surface area contributed by atoms with E-state index in [2.05, 4.69) is 20.9 Å². The second-order valence-corrected chi connectivity index (χ2v) is 12.0. The molecule has 0 spiro atoms. The first-order valence-electron chi connectivity index (χ1n) is 14.4. The lowest BCUT2D eigenvalue weighted by Crippen LogP contribution is -2.44. The molecule has 0 bridgehead atoms. The summed E-state index contributed by atoms with van der Waals surface area (Å²) < 4.78 is 23.7. The molecule has 5 nitrogen and oxygen atoms in total. The maximum atomic E-state index is 12.2. The molecule has 1 saturated heterocycles. The number of hydrogen-bond donors (Lipinski definition) is 0. The van der Waals surface area contributed by atoms with Crippen molar-refractivity contribution in [3.05, 3.63) is 0 Å². The number of likely N-dealkylation sites (tertiary alicyclic amines) is 1. The summed E-state index contributed by atoms with van der Waals surface area (Å²) in [5.41, 5.74) is 0. The predicted octanol–water partition coefficient (Wildman–Crippen LogP) is 7.77. The van der Waals surface area contributed by atoms with Crippen LogP contribution in [0.15, 0.2) is 0 Å². The van der Waals surface area contributed by atoms with Gasteiger partial charge in [0.15, 0.2) is 0 Å². The van der Waals surface area contributed by atoms with Crippen LogP contribution in [0.5, 0.6) is 0 Å². The highest BCUT2D eigenvalue weighted by Crippen LogP contribution is 2.42. The van der Waals surface area contributed by atoms with Gasteiger partial charge in [0.05, 0.1) is 39.4 Å². The zero-order valence-corrected chi connectivity index (χ0v) is 23.3. The predicted molar refractivity (Wildman–Crippen MR) is 138 cm³/mol. The van der Waals surface area contributed by atoms with Gasteiger partial charge in [-0.05, 0) is 26.2 Å². The SMILES string of the molecule is CCCCCCCCCCCCCCCCCCOP(=O)([O-])OC1CCC[N+](C)(CC)CC1. The van der Waals surface area contributed by atoms with Gasteiger partial charge in [-0.15, -0.1) is 0 Å². The molecule has 0 saturated carbocycles. The van der Waals surface area contributed by atoms with Crippen LogP contribution in [0.25, 0.3) is 0 Å². The zero-order valence-electron chi connectivity index (χ0n) is 22.4. The Balaban J connectivity index is 1.90. The zero-order chi connectivity index (χ0) is 24.3. The van der Waals surface area contributed by atoms with Gasteiger partial charge >= 0.3 is 0 Å². The first kappa shape index (κ1) is 31.1. The van der Waals surface area contributed by atoms with Crippen LogP contribution < -0.4 is 4.89 Å². The Kier molecular flexibility index (Phi) is 18.2. The molecule has 1 fully saturated rings. The van der Waals surface area contributed by atoms with Crippen molar-refractivity contribution >= 4 is 7.82 Å². The molecular formula is C27H56NO4P. The van der Waals surface area contributed by atoms with Crippen LogP contribution in [0.4, 0.5) is 0 Å². The van der Waals surface area contributed by atoms with Crippen LogP contribution >= 0.6 is 7.82 Å². The summed E-state index contributed by atoms with van der Waals surface area (Å²) >= 11 is 0. The summed E-state index contributed by atoms with van der Waals surface area (Å²) in [6.45, 7) is 7.88. The number of unbranched alkanes of at least 4 members (excludes halogenated alkanes) is 15. The highest BCUT2D eigenvalue weighted by Gasteiger charge is 2.28. The van der Waals surface area contributed by atoms with E-state index in [1.807, 2.05) is 0 Å². The van der Waals surface area contributed by atoms with Gasteiger partial charge in [-0.2, -0.15) is 0 Å². The smallest absolute Gasteiger partial charge is 0.268 e. The number of rotatable bonds is 21. The summed E-state index contributed by atoms with van der Waals surface area (Å²) in [4.78, 5) is 12.2. The largest absolute Gasteiger partial charge is 0.756 e. The maximum Gasteiger partial charge on any atom is 0.268 e. The summed E-state index contributed by atoms with van der Waals surface area (Å²) in [7, 11) is -1.93. The van der Waals surface area contributed by atoms with Gasteiger partial charge in [-0.25, -0.2) is 0 Å². The minimum Gasteiger partial charge on any atom is -0.756 e. The Morgan fingerprint density at radius 2 is 1.24 bits per heavy atom. The molecule has 0 amide bonds. The number of phosphoric ester groups is 1. The second kappa shape index (κ2) is 19.3. The third-order valence-corrected chi connectivity index (χ3v) is 8.56. The standard InChI is InChI=1S/C27H56NO4P/c1-4-6-7-8-9-10-11-12-13-14-15-16-17-18-19-20-26-31-33(29,30)32-27-22-21-24-28(3,5-2)25-23-27/h27H,4-26H2,1-3H3. The fraction of sp³-hybridized carbons (Fsp3) is 1.00. The normalized spacial score (nSPS) is 23.3. The minimum atomic E-state index is -4.18. The van der Waals surface area contributed by atoms with Crippen LogP contribution in [-0.2, 0) is 13.6 Å². The monoisotopic (exact) mass is 489 g/mol. The van der Waals surface area contributed by atoms with E-state index in [0.717, 1.165) is 56.2 Å². The van der Waals surface area contributed by atoms with Gasteiger partial charge in [0.2, 0.25) is 0 Å². The lowest BCUT2D eigenvalue weighted by Gasteiger charge is -2.32. The van der Waals surface area contributed by atoms with Crippen molar-refractivity contribution in [1.82, 2.24) is 0 Å². The second-order valence-electron chi connectivity index (χ2n) is 10.6. The lowest BCUT2D eigenvalue weighted by molar-refractivity contribution is -0.907. The van der Waals surface area contributed by atoms with Crippen LogP contribution in [-0.4, -0.2) is 43.9 Å². The molecule has 0 radical (unpaired) electrons. The van der Waals surface area contributed by atoms with Gasteiger partial charge in [0, 0.05) is 6.42 Å². The number of quaternary nitrogens is 1. The van der Waals surface area contributed by atoms with Crippen LogP contribution in [0.2, 0.25) is 0 Å². The van der Waals surface area contributed by atoms with Gasteiger partial charge in [-0.1, -0.05) is 103 Å². The Morgan fingerprint density at radius 3 is 1.73 bits per heavy atom. The average molecular weight is 490 g/mol. The molecule has 1 aliphatic heterocycles. The quantitative estimate of drug-likeness (QED) is 0.0938. The van der Waals surface area contributed by atoms with Crippen molar-refractivity contribution in [2.75, 3.05) is 33.3 Å². The molecule has 1 aliphatic rings. The van der Waals surface area contributed by atoms with Crippen LogP contribution in [0, 0.1) is 0 Å². The van der Waals surface area contributed by atoms with E-state index in [1.165, 1.54) is 89.9 Å². The molecule has 3 unspecified atom stereocenters. The summed E-state index contributed by atoms with van der Waals surface area (Å²) in [5.74, 6) is 0. The van der Waals surface area contributed by atoms with Crippen LogP contribution in [0.3, 0.4) is 0 Å². The minimum absolute atomic E-state index is 0.217. The van der Waals surface area contributed by atoms with Crippen molar-refractivity contribution in [3.8, 4) is 0 Å². The average Bonchev–Trinajstić information content (AvgIpc) is 2.97. The molecule has 0 aromatic carbocycles. The molecule has 1 rings (SSSR count). The van der Waals surface area contributed by atoms with E-state index in [4.69, 9.17) is 9.05 Å². The third kappa shape index (κ3) is 17.2. The lowest BCUT2D eigenvalue weighted by atomic mass is 10.0. The Bertz CT molecular complexity index is 505. The molecule has 0 N–H and O–H groups in total. The van der Waals surface area contributed by atoms with Crippen molar-refractivity contribution in [2.24, 2.45) is 0 Å². The van der Waals surface area contributed by atoms with E-state index >= 15 is 0 Å². The van der Waals surface area contributed by atoms with E-state index in [9.17, 15) is 9.46 Å². The maximum absolute atomic E-state index is 12.2. The Morgan fingerprint density at radius 1 is 0.758 bits per heavy atom. The molecule has 33 heavy (non-hydrogen) atoms. The third-order valence-electron chi connectivity index (χ3n) is 7.50. The summed E-state index contributed by atoms with van der Waals surface area (Å²) in [6.07, 6.45) is 23.3. The molecule has 0 aromatic heterocycles. The topological polar surface area (TPSA) is 58.6 Å². The molecule has 198 valence electrons. The van der Waals surface area contributed by atoms with Gasteiger partial charge < -0.3 is 18.4 Å². The Hall–Kier alpha value is 0.0700. The van der Waals surface area contributed by atoms with Gasteiger partial charge in [0.1, 0.15) is 0 Å². The molecule has 0 aliphatic carbocycles. The van der Waals surface area contributed by atoms with E-state index in [0.29, 0.717) is 0 Å². The van der Waals surface area contributed by atoms with E-state index < -0.39 is 7.82 Å². The van der Waals surface area contributed by atoms with Crippen molar-refractivity contribution < 1.29 is 23.0 Å². The van der Waals surface area contributed by atoms with Crippen molar-refractivity contribution in [1.29, 1.82) is 0 Å². The first-order chi connectivity index (χ1) is 15.9. The fourth-order valence-electron chi connectivity index (χ4n) is 4.87. The van der Waals surface area contributed by atoms with Gasteiger partial charge in [-0.3, -0.25) is 4.57 Å². The molecule has 3 atom stereocenters. The number of phosphoric acid groups is 1. The summed E-state index contributed by atoms with van der Waals surface area (Å²) in [5, 5.41) is 0.